The van der Waals surface area contributed by atoms with Crippen LogP contribution in [0.25, 0.3) is 0 Å². The Morgan fingerprint density at radius 3 is 2.04 bits per heavy atom. The minimum Gasteiger partial charge on any atom is -0.481 e. The Morgan fingerprint density at radius 1 is 0.870 bits per heavy atom. The van der Waals surface area contributed by atoms with Gasteiger partial charge in [0.2, 0.25) is 11.7 Å². The number of carboxylic acid groups (broad SMARTS) is 1. The molecule has 0 aliphatic carbocycles. The molecule has 4 atom stereocenters. The Bertz CT molecular complexity index is 1420. The summed E-state index contributed by atoms with van der Waals surface area (Å²) in [5.74, 6) is -6.81. The standard InChI is InChI=1S/C34H41F3N2O7/c1-6-20(2)28(27(41)19-33(4,5)32(45)46)39-31(44)29(42)21(3)38-30(43)24(18-26(40)17-22-11-8-7-9-12-22)15-23-13-10-14-25(16-23)34(35,36)37/h7-14,16,20-21,24,28H,6,15,17-19H2,1-5H3,(H,38,43)(H,39,44)(H,45,46). The summed E-state index contributed by atoms with van der Waals surface area (Å²) in [6, 6.07) is 10.5. The van der Waals surface area contributed by atoms with E-state index in [1.54, 1.807) is 44.2 Å². The van der Waals surface area contributed by atoms with Crippen molar-refractivity contribution >= 4 is 35.1 Å². The normalized spacial score (nSPS) is 14.3. The molecule has 46 heavy (non-hydrogen) atoms. The number of rotatable bonds is 17. The number of alkyl halides is 3. The second kappa shape index (κ2) is 16.3. The molecule has 0 bridgehead atoms. The van der Waals surface area contributed by atoms with Crippen LogP contribution in [-0.4, -0.2) is 52.3 Å². The number of hydrogen-bond acceptors (Lipinski definition) is 6. The highest BCUT2D eigenvalue weighted by Gasteiger charge is 2.37. The maximum Gasteiger partial charge on any atom is 0.416 e. The lowest BCUT2D eigenvalue weighted by atomic mass is 9.82. The molecule has 9 nitrogen and oxygen atoms in total. The third-order valence-corrected chi connectivity index (χ3v) is 7.84. The molecular weight excluding hydrogens is 605 g/mol. The first kappa shape index (κ1) is 37.8. The predicted molar refractivity (Wildman–Crippen MR) is 163 cm³/mol. The van der Waals surface area contributed by atoms with Gasteiger partial charge in [-0.05, 0) is 50.3 Å². The summed E-state index contributed by atoms with van der Waals surface area (Å²) >= 11 is 0. The lowest BCUT2D eigenvalue weighted by molar-refractivity contribution is -0.150. The van der Waals surface area contributed by atoms with E-state index in [9.17, 15) is 47.0 Å². The number of aliphatic carboxylic acids is 1. The number of nitrogens with one attached hydrogen (secondary N) is 2. The zero-order valence-electron chi connectivity index (χ0n) is 26.6. The Balaban J connectivity index is 2.22. The molecule has 2 aromatic rings. The number of halogens is 3. The van der Waals surface area contributed by atoms with Gasteiger partial charge < -0.3 is 15.7 Å². The second-order valence-electron chi connectivity index (χ2n) is 12.3. The Morgan fingerprint density at radius 2 is 1.48 bits per heavy atom. The summed E-state index contributed by atoms with van der Waals surface area (Å²) in [7, 11) is 0. The lowest BCUT2D eigenvalue weighted by Crippen LogP contribution is -2.53. The number of carboxylic acids is 1. The number of ketones is 3. The van der Waals surface area contributed by atoms with Crippen molar-refractivity contribution < 1.29 is 47.0 Å². The van der Waals surface area contributed by atoms with Gasteiger partial charge in [0.15, 0.2) is 5.78 Å². The molecule has 2 rings (SSSR count). The Hall–Kier alpha value is -4.35. The van der Waals surface area contributed by atoms with E-state index in [4.69, 9.17) is 0 Å². The van der Waals surface area contributed by atoms with E-state index >= 15 is 0 Å². The van der Waals surface area contributed by atoms with Crippen molar-refractivity contribution in [2.45, 2.75) is 85.0 Å². The molecule has 0 heterocycles. The molecule has 2 aromatic carbocycles. The van der Waals surface area contributed by atoms with Crippen molar-refractivity contribution in [3.63, 3.8) is 0 Å². The highest BCUT2D eigenvalue weighted by atomic mass is 19.4. The minimum atomic E-state index is -4.62. The molecule has 250 valence electrons. The molecule has 0 aliphatic rings. The van der Waals surface area contributed by atoms with Crippen LogP contribution < -0.4 is 10.6 Å². The highest BCUT2D eigenvalue weighted by molar-refractivity contribution is 6.38. The molecule has 0 fully saturated rings. The van der Waals surface area contributed by atoms with Crippen LogP contribution in [0.15, 0.2) is 54.6 Å². The number of benzene rings is 2. The number of amides is 2. The fourth-order valence-corrected chi connectivity index (χ4v) is 4.79. The van der Waals surface area contributed by atoms with E-state index < -0.39 is 76.8 Å². The number of carbonyl (C=O) groups is 6. The van der Waals surface area contributed by atoms with Gasteiger partial charge in [0.05, 0.1) is 23.1 Å². The summed E-state index contributed by atoms with van der Waals surface area (Å²) < 4.78 is 40.0. The summed E-state index contributed by atoms with van der Waals surface area (Å²) in [6.45, 7) is 7.39. The molecule has 12 heteroatoms. The monoisotopic (exact) mass is 646 g/mol. The van der Waals surface area contributed by atoms with Crippen molar-refractivity contribution in [1.29, 1.82) is 0 Å². The van der Waals surface area contributed by atoms with Gasteiger partial charge in [-0.25, -0.2) is 0 Å². The summed E-state index contributed by atoms with van der Waals surface area (Å²) in [4.78, 5) is 76.8. The van der Waals surface area contributed by atoms with Crippen molar-refractivity contribution in [2.75, 3.05) is 0 Å². The van der Waals surface area contributed by atoms with Crippen LogP contribution in [0.5, 0.6) is 0 Å². The third-order valence-electron chi connectivity index (χ3n) is 7.84. The quantitative estimate of drug-likeness (QED) is 0.211. The maximum atomic E-state index is 13.4. The average Bonchev–Trinajstić information content (AvgIpc) is 2.98. The average molecular weight is 647 g/mol. The van der Waals surface area contributed by atoms with E-state index in [2.05, 4.69) is 10.6 Å². The first-order chi connectivity index (χ1) is 21.3. The van der Waals surface area contributed by atoms with Crippen LogP contribution in [0, 0.1) is 17.3 Å². The largest absolute Gasteiger partial charge is 0.481 e. The van der Waals surface area contributed by atoms with Crippen LogP contribution in [0.2, 0.25) is 0 Å². The van der Waals surface area contributed by atoms with Gasteiger partial charge in [0.1, 0.15) is 5.78 Å². The number of hydrogen-bond donors (Lipinski definition) is 3. The van der Waals surface area contributed by atoms with Crippen molar-refractivity contribution in [3.8, 4) is 0 Å². The SMILES string of the molecule is CCC(C)C(NC(=O)C(=O)C(C)NC(=O)C(CC(=O)Cc1ccccc1)Cc1cccc(C(F)(F)F)c1)C(=O)CC(C)(C)C(=O)O. The molecule has 0 spiro atoms. The van der Waals surface area contributed by atoms with Gasteiger partial charge in [0.25, 0.3) is 5.91 Å². The Labute approximate surface area is 266 Å². The van der Waals surface area contributed by atoms with E-state index in [1.165, 1.54) is 32.9 Å². The second-order valence-corrected chi connectivity index (χ2v) is 12.3. The smallest absolute Gasteiger partial charge is 0.416 e. The molecular formula is C34H41F3N2O7. The van der Waals surface area contributed by atoms with Crippen LogP contribution in [-0.2, 0) is 47.8 Å². The molecule has 0 aromatic heterocycles. The van der Waals surface area contributed by atoms with Crippen LogP contribution in [0.3, 0.4) is 0 Å². The molecule has 3 N–H and O–H groups in total. The van der Waals surface area contributed by atoms with Crippen LogP contribution in [0.1, 0.15) is 70.6 Å². The number of carbonyl (C=O) groups excluding carboxylic acids is 5. The van der Waals surface area contributed by atoms with Gasteiger partial charge >= 0.3 is 12.1 Å². The van der Waals surface area contributed by atoms with Crippen molar-refractivity contribution in [3.05, 3.63) is 71.3 Å². The van der Waals surface area contributed by atoms with E-state index in [-0.39, 0.29) is 30.6 Å². The molecule has 0 radical (unpaired) electrons. The summed E-state index contributed by atoms with van der Waals surface area (Å²) in [5.41, 5.74) is -1.50. The van der Waals surface area contributed by atoms with Crippen molar-refractivity contribution in [2.24, 2.45) is 17.3 Å². The fraction of sp³-hybridized carbons (Fsp3) is 0.471. The van der Waals surface area contributed by atoms with Gasteiger partial charge in [-0.1, -0.05) is 68.8 Å². The van der Waals surface area contributed by atoms with Crippen LogP contribution >= 0.6 is 0 Å². The molecule has 0 saturated heterocycles. The highest BCUT2D eigenvalue weighted by Crippen LogP contribution is 2.30. The topological polar surface area (TPSA) is 147 Å². The zero-order valence-corrected chi connectivity index (χ0v) is 26.6. The summed E-state index contributed by atoms with van der Waals surface area (Å²) in [5, 5.41) is 14.2. The summed E-state index contributed by atoms with van der Waals surface area (Å²) in [6.07, 6.45) is -5.19. The third kappa shape index (κ3) is 11.2. The zero-order chi connectivity index (χ0) is 34.8. The number of Topliss-reactive ketones (excluding diaryl/α,β-unsaturated/α-hetero) is 3. The Kier molecular flexibility index (Phi) is 13.4. The maximum absolute atomic E-state index is 13.4. The van der Waals surface area contributed by atoms with E-state index in [1.807, 2.05) is 0 Å². The molecule has 0 saturated carbocycles. The lowest BCUT2D eigenvalue weighted by Gasteiger charge is -2.27. The molecule has 4 unspecified atom stereocenters. The van der Waals surface area contributed by atoms with E-state index in [0.717, 1.165) is 12.1 Å². The van der Waals surface area contributed by atoms with Gasteiger partial charge in [-0.15, -0.1) is 0 Å². The fourth-order valence-electron chi connectivity index (χ4n) is 4.79. The first-order valence-electron chi connectivity index (χ1n) is 15.0. The van der Waals surface area contributed by atoms with E-state index in [0.29, 0.717) is 12.0 Å². The first-order valence-corrected chi connectivity index (χ1v) is 15.0. The molecule has 2 amide bonds. The van der Waals surface area contributed by atoms with Gasteiger partial charge in [0, 0.05) is 25.2 Å². The van der Waals surface area contributed by atoms with Crippen molar-refractivity contribution in [1.82, 2.24) is 10.6 Å². The molecule has 0 aliphatic heterocycles. The predicted octanol–water partition coefficient (Wildman–Crippen LogP) is 4.74. The van der Waals surface area contributed by atoms with Crippen LogP contribution in [0.4, 0.5) is 13.2 Å². The van der Waals surface area contributed by atoms with Gasteiger partial charge in [-0.3, -0.25) is 28.8 Å². The minimum absolute atomic E-state index is 0.0200. The van der Waals surface area contributed by atoms with Gasteiger partial charge in [-0.2, -0.15) is 13.2 Å².